The second-order valence-corrected chi connectivity index (χ2v) is 11.1. The molecule has 7 nitrogen and oxygen atoms in total. The average molecular weight is 435 g/mol. The molecule has 1 aromatic rings. The van der Waals surface area contributed by atoms with Gasteiger partial charge in [-0.3, -0.25) is 14.7 Å². The minimum atomic E-state index is -3.19. The number of unbranched alkanes of at least 4 members (excludes halogenated alkanes) is 1. The van der Waals surface area contributed by atoms with Gasteiger partial charge in [-0.2, -0.15) is 0 Å². The van der Waals surface area contributed by atoms with Crippen molar-refractivity contribution in [1.29, 1.82) is 0 Å². The Hall–Kier alpha value is -1.51. The van der Waals surface area contributed by atoms with E-state index in [1.165, 1.54) is 5.56 Å². The van der Waals surface area contributed by atoms with Crippen LogP contribution in [0, 0.1) is 11.8 Å². The van der Waals surface area contributed by atoms with Crippen molar-refractivity contribution in [3.05, 3.63) is 30.1 Å². The molecule has 1 spiro atoms. The highest BCUT2D eigenvalue weighted by atomic mass is 32.2. The van der Waals surface area contributed by atoms with Gasteiger partial charge in [-0.1, -0.05) is 19.4 Å². The number of rotatable bonds is 7. The van der Waals surface area contributed by atoms with Crippen LogP contribution in [-0.2, 0) is 21.4 Å². The second kappa shape index (κ2) is 8.55. The summed E-state index contributed by atoms with van der Waals surface area (Å²) in [5.74, 6) is 0.808. The van der Waals surface area contributed by atoms with Gasteiger partial charge in [0.05, 0.1) is 17.2 Å². The zero-order valence-corrected chi connectivity index (χ0v) is 19.0. The molecule has 3 aliphatic heterocycles. The molecule has 0 aliphatic carbocycles. The molecular weight excluding hydrogens is 400 g/mol. The average Bonchev–Trinajstić information content (AvgIpc) is 3.25. The number of piperidine rings is 1. The lowest BCUT2D eigenvalue weighted by atomic mass is 9.75. The van der Waals surface area contributed by atoms with Gasteiger partial charge in [0.1, 0.15) is 0 Å². The number of hydrogen-bond donors (Lipinski definition) is 0. The summed E-state index contributed by atoms with van der Waals surface area (Å²) in [5, 5.41) is 0. The van der Waals surface area contributed by atoms with Gasteiger partial charge in [0, 0.05) is 57.6 Å². The van der Waals surface area contributed by atoms with Gasteiger partial charge in [-0.25, -0.2) is 12.7 Å². The fourth-order valence-corrected chi connectivity index (χ4v) is 7.55. The van der Waals surface area contributed by atoms with E-state index in [2.05, 4.69) is 27.8 Å². The van der Waals surface area contributed by atoms with Crippen LogP contribution in [-0.4, -0.2) is 77.4 Å². The number of amides is 1. The van der Waals surface area contributed by atoms with Crippen LogP contribution in [0.1, 0.15) is 45.1 Å². The molecule has 0 aromatic carbocycles. The van der Waals surface area contributed by atoms with Gasteiger partial charge in [0.2, 0.25) is 15.9 Å². The summed E-state index contributed by atoms with van der Waals surface area (Å²) < 4.78 is 27.0. The lowest BCUT2D eigenvalue weighted by Gasteiger charge is -2.47. The van der Waals surface area contributed by atoms with E-state index in [4.69, 9.17) is 0 Å². The molecule has 3 saturated heterocycles. The molecule has 30 heavy (non-hydrogen) atoms. The molecule has 0 bridgehead atoms. The van der Waals surface area contributed by atoms with E-state index in [1.54, 1.807) is 10.5 Å². The van der Waals surface area contributed by atoms with Gasteiger partial charge in [0.15, 0.2) is 0 Å². The SMILES string of the molecule is CCCCS(=O)(=O)N1CCC2(CC1)[C@@H]1CN(Cc3cccnc3)C[C@@H]1C(=O)N2CC. The zero-order chi connectivity index (χ0) is 21.4. The second-order valence-electron chi connectivity index (χ2n) is 9.02. The largest absolute Gasteiger partial charge is 0.337 e. The van der Waals surface area contributed by atoms with Crippen molar-refractivity contribution >= 4 is 15.9 Å². The third-order valence-corrected chi connectivity index (χ3v) is 9.35. The molecule has 3 aliphatic rings. The van der Waals surface area contributed by atoms with Crippen LogP contribution in [0.3, 0.4) is 0 Å². The van der Waals surface area contributed by atoms with Crippen molar-refractivity contribution in [3.8, 4) is 0 Å². The number of aromatic nitrogens is 1. The van der Waals surface area contributed by atoms with Crippen LogP contribution in [0.2, 0.25) is 0 Å². The topological polar surface area (TPSA) is 73.8 Å². The van der Waals surface area contributed by atoms with Crippen molar-refractivity contribution < 1.29 is 13.2 Å². The summed E-state index contributed by atoms with van der Waals surface area (Å²) in [6, 6.07) is 4.03. The number of hydrogen-bond acceptors (Lipinski definition) is 5. The van der Waals surface area contributed by atoms with E-state index in [0.717, 1.165) is 38.9 Å². The highest BCUT2D eigenvalue weighted by Crippen LogP contribution is 2.50. The summed E-state index contributed by atoms with van der Waals surface area (Å²) >= 11 is 0. The maximum Gasteiger partial charge on any atom is 0.227 e. The molecule has 4 heterocycles. The standard InChI is InChI=1S/C22H34N4O3S/c1-3-5-13-30(28,29)25-11-8-22(9-12-25)20-17-24(15-18-7-6-10-23-14-18)16-19(20)21(27)26(22)4-2/h6-7,10,14,19-20H,3-5,8-9,11-13,15-17H2,1-2H3/t19-,20+/m0/s1. The van der Waals surface area contributed by atoms with Gasteiger partial charge in [-0.15, -0.1) is 0 Å². The molecule has 8 heteroatoms. The van der Waals surface area contributed by atoms with Crippen LogP contribution in [0.15, 0.2) is 24.5 Å². The van der Waals surface area contributed by atoms with Gasteiger partial charge in [0.25, 0.3) is 0 Å². The maximum atomic E-state index is 13.3. The highest BCUT2D eigenvalue weighted by Gasteiger charge is 2.61. The Labute approximate surface area is 180 Å². The van der Waals surface area contributed by atoms with Crippen LogP contribution in [0.5, 0.6) is 0 Å². The van der Waals surface area contributed by atoms with Crippen LogP contribution in [0.4, 0.5) is 0 Å². The Morgan fingerprint density at radius 2 is 1.97 bits per heavy atom. The Morgan fingerprint density at radius 1 is 1.20 bits per heavy atom. The Kier molecular flexibility index (Phi) is 6.19. The normalized spacial score (nSPS) is 27.1. The zero-order valence-electron chi connectivity index (χ0n) is 18.2. The summed E-state index contributed by atoms with van der Waals surface area (Å²) in [6.07, 6.45) is 6.76. The van der Waals surface area contributed by atoms with Gasteiger partial charge >= 0.3 is 0 Å². The monoisotopic (exact) mass is 434 g/mol. The van der Waals surface area contributed by atoms with E-state index in [1.807, 2.05) is 19.2 Å². The minimum Gasteiger partial charge on any atom is -0.337 e. The Balaban J connectivity index is 1.49. The first-order valence-electron chi connectivity index (χ1n) is 11.3. The smallest absolute Gasteiger partial charge is 0.227 e. The summed E-state index contributed by atoms with van der Waals surface area (Å²) in [4.78, 5) is 21.9. The number of fused-ring (bicyclic) bond motifs is 2. The van der Waals surface area contributed by atoms with Gasteiger partial charge in [-0.05, 0) is 37.8 Å². The van der Waals surface area contributed by atoms with Crippen LogP contribution >= 0.6 is 0 Å². The molecular formula is C22H34N4O3S. The molecule has 3 fully saturated rings. The number of likely N-dealkylation sites (tertiary alicyclic amines) is 2. The predicted molar refractivity (Wildman–Crippen MR) is 116 cm³/mol. The maximum absolute atomic E-state index is 13.3. The Morgan fingerprint density at radius 3 is 2.60 bits per heavy atom. The number of carbonyl (C=O) groups is 1. The van der Waals surface area contributed by atoms with E-state index in [9.17, 15) is 13.2 Å². The molecule has 1 amide bonds. The first-order valence-corrected chi connectivity index (χ1v) is 12.9. The van der Waals surface area contributed by atoms with E-state index in [-0.39, 0.29) is 29.0 Å². The summed E-state index contributed by atoms with van der Waals surface area (Å²) in [7, 11) is -3.19. The van der Waals surface area contributed by atoms with Crippen molar-refractivity contribution in [2.24, 2.45) is 11.8 Å². The van der Waals surface area contributed by atoms with Crippen molar-refractivity contribution in [1.82, 2.24) is 19.1 Å². The number of carbonyl (C=O) groups excluding carboxylic acids is 1. The summed E-state index contributed by atoms with van der Waals surface area (Å²) in [5.41, 5.74) is 0.972. The van der Waals surface area contributed by atoms with E-state index >= 15 is 0 Å². The number of sulfonamides is 1. The molecule has 4 rings (SSSR count). The number of pyridine rings is 1. The predicted octanol–water partition coefficient (Wildman–Crippen LogP) is 1.96. The molecule has 166 valence electrons. The van der Waals surface area contributed by atoms with Crippen LogP contribution < -0.4 is 0 Å². The third kappa shape index (κ3) is 3.78. The first kappa shape index (κ1) is 21.7. The Bertz CT molecular complexity index is 852. The van der Waals surface area contributed by atoms with Gasteiger partial charge < -0.3 is 4.90 Å². The first-order chi connectivity index (χ1) is 14.4. The molecule has 0 N–H and O–H groups in total. The lowest BCUT2D eigenvalue weighted by molar-refractivity contribution is -0.135. The molecule has 0 radical (unpaired) electrons. The fraction of sp³-hybridized carbons (Fsp3) is 0.727. The van der Waals surface area contributed by atoms with Crippen LogP contribution in [0.25, 0.3) is 0 Å². The third-order valence-electron chi connectivity index (χ3n) is 7.39. The fourth-order valence-electron chi connectivity index (χ4n) is 5.90. The molecule has 2 atom stereocenters. The van der Waals surface area contributed by atoms with Crippen molar-refractivity contribution in [3.63, 3.8) is 0 Å². The van der Waals surface area contributed by atoms with E-state index in [0.29, 0.717) is 26.1 Å². The van der Waals surface area contributed by atoms with Crippen molar-refractivity contribution in [2.75, 3.05) is 38.5 Å². The molecule has 0 saturated carbocycles. The summed E-state index contributed by atoms with van der Waals surface area (Å²) in [6.45, 7) is 8.33. The quantitative estimate of drug-likeness (QED) is 0.656. The van der Waals surface area contributed by atoms with E-state index < -0.39 is 10.0 Å². The highest BCUT2D eigenvalue weighted by molar-refractivity contribution is 7.89. The number of nitrogens with zero attached hydrogens (tertiary/aromatic N) is 4. The molecule has 1 aromatic heterocycles. The molecule has 0 unspecified atom stereocenters. The minimum absolute atomic E-state index is 0.0323. The van der Waals surface area contributed by atoms with Crippen molar-refractivity contribution in [2.45, 2.75) is 51.6 Å². The lowest BCUT2D eigenvalue weighted by Crippen LogP contribution is -2.57.